The van der Waals surface area contributed by atoms with Gasteiger partial charge in [0.05, 0.1) is 5.02 Å². The van der Waals surface area contributed by atoms with Crippen LogP contribution in [0.1, 0.15) is 32.3 Å². The molecule has 0 unspecified atom stereocenters. The predicted molar refractivity (Wildman–Crippen MR) is 111 cm³/mol. The molecule has 0 aliphatic carbocycles. The van der Waals surface area contributed by atoms with Crippen molar-refractivity contribution in [1.82, 2.24) is 10.2 Å². The third-order valence-electron chi connectivity index (χ3n) is 4.39. The molecule has 0 radical (unpaired) electrons. The molecule has 0 saturated heterocycles. The van der Waals surface area contributed by atoms with Gasteiger partial charge in [-0.15, -0.1) is 0 Å². The Balaban J connectivity index is 2.19. The second kappa shape index (κ2) is 11.4. The Morgan fingerprint density at radius 1 is 1.14 bits per heavy atom. The minimum atomic E-state index is -0.658. The Morgan fingerprint density at radius 2 is 1.83 bits per heavy atom. The number of nitrogens with one attached hydrogen (secondary N) is 1. The number of carbonyl (C=O) groups is 2. The normalized spacial score (nSPS) is 11.6. The molecule has 29 heavy (non-hydrogen) atoms. The van der Waals surface area contributed by atoms with Crippen LogP contribution >= 0.6 is 11.6 Å². The quantitative estimate of drug-likeness (QED) is 0.627. The van der Waals surface area contributed by atoms with E-state index in [9.17, 15) is 14.0 Å². The molecule has 0 spiro atoms. The first-order valence-electron chi connectivity index (χ1n) is 9.65. The van der Waals surface area contributed by atoms with E-state index >= 15 is 0 Å². The van der Waals surface area contributed by atoms with Crippen molar-refractivity contribution in [3.8, 4) is 5.75 Å². The van der Waals surface area contributed by atoms with Crippen LogP contribution in [0, 0.1) is 5.82 Å². The molecule has 0 aliphatic heterocycles. The lowest BCUT2D eigenvalue weighted by Gasteiger charge is -2.30. The molecule has 0 heterocycles. The molecule has 1 N–H and O–H groups in total. The minimum Gasteiger partial charge on any atom is -0.482 e. The lowest BCUT2D eigenvalue weighted by molar-refractivity contribution is -0.143. The highest BCUT2D eigenvalue weighted by atomic mass is 35.5. The third-order valence-corrected chi connectivity index (χ3v) is 4.70. The first-order valence-corrected chi connectivity index (χ1v) is 10.0. The van der Waals surface area contributed by atoms with Crippen LogP contribution in [0.4, 0.5) is 4.39 Å². The number of amides is 2. The number of halogens is 2. The lowest BCUT2D eigenvalue weighted by Crippen LogP contribution is -2.50. The fourth-order valence-electron chi connectivity index (χ4n) is 2.86. The van der Waals surface area contributed by atoms with Crippen LogP contribution < -0.4 is 10.1 Å². The lowest BCUT2D eigenvalue weighted by atomic mass is 10.1. The summed E-state index contributed by atoms with van der Waals surface area (Å²) in [6.07, 6.45) is 1.23. The van der Waals surface area contributed by atoms with E-state index in [2.05, 4.69) is 5.32 Å². The summed E-state index contributed by atoms with van der Waals surface area (Å²) in [4.78, 5) is 27.1. The maximum Gasteiger partial charge on any atom is 0.261 e. The molecule has 0 aromatic heterocycles. The van der Waals surface area contributed by atoms with E-state index in [1.54, 1.807) is 36.4 Å². The summed E-state index contributed by atoms with van der Waals surface area (Å²) >= 11 is 6.08. The van der Waals surface area contributed by atoms with E-state index in [-0.39, 0.29) is 30.8 Å². The number of rotatable bonds is 10. The Labute approximate surface area is 175 Å². The Kier molecular flexibility index (Phi) is 8.93. The Morgan fingerprint density at radius 3 is 2.45 bits per heavy atom. The van der Waals surface area contributed by atoms with Crippen LogP contribution in [0.2, 0.25) is 5.02 Å². The standard InChI is InChI=1S/C22H26ClFN2O3/c1-3-13-25-22(28)19(4-2)26(14-16-9-11-17(24)12-10-16)21(27)15-29-20-8-6-5-7-18(20)23/h5-12,19H,3-4,13-15H2,1-2H3,(H,25,28)/t19-/m1/s1. The van der Waals surface area contributed by atoms with Crippen molar-refractivity contribution < 1.29 is 18.7 Å². The first kappa shape index (κ1) is 22.7. The molecule has 2 aromatic rings. The maximum absolute atomic E-state index is 13.2. The molecule has 1 atom stereocenters. The van der Waals surface area contributed by atoms with Gasteiger partial charge in [0.15, 0.2) is 6.61 Å². The van der Waals surface area contributed by atoms with E-state index in [1.165, 1.54) is 17.0 Å². The Bertz CT molecular complexity index is 814. The smallest absolute Gasteiger partial charge is 0.261 e. The van der Waals surface area contributed by atoms with Gasteiger partial charge >= 0.3 is 0 Å². The molecule has 5 nitrogen and oxygen atoms in total. The third kappa shape index (κ3) is 6.75. The van der Waals surface area contributed by atoms with Gasteiger partial charge in [0, 0.05) is 13.1 Å². The number of hydrogen-bond donors (Lipinski definition) is 1. The molecule has 0 saturated carbocycles. The number of ether oxygens (including phenoxy) is 1. The Hall–Kier alpha value is -2.60. The highest BCUT2D eigenvalue weighted by Gasteiger charge is 2.28. The van der Waals surface area contributed by atoms with Crippen LogP contribution in [-0.2, 0) is 16.1 Å². The molecule has 0 aliphatic rings. The van der Waals surface area contributed by atoms with Crippen LogP contribution in [0.5, 0.6) is 5.75 Å². The fraction of sp³-hybridized carbons (Fsp3) is 0.364. The van der Waals surface area contributed by atoms with E-state index in [0.717, 1.165) is 12.0 Å². The van der Waals surface area contributed by atoms with Crippen molar-refractivity contribution in [3.63, 3.8) is 0 Å². The van der Waals surface area contributed by atoms with Gasteiger partial charge < -0.3 is 15.0 Å². The second-order valence-corrected chi connectivity index (χ2v) is 6.99. The van der Waals surface area contributed by atoms with Crippen molar-refractivity contribution in [2.75, 3.05) is 13.2 Å². The van der Waals surface area contributed by atoms with Crippen molar-refractivity contribution >= 4 is 23.4 Å². The summed E-state index contributed by atoms with van der Waals surface area (Å²) in [6, 6.07) is 12.1. The van der Waals surface area contributed by atoms with Crippen molar-refractivity contribution in [2.24, 2.45) is 0 Å². The number of nitrogens with zero attached hydrogens (tertiary/aromatic N) is 1. The fourth-order valence-corrected chi connectivity index (χ4v) is 3.05. The van der Waals surface area contributed by atoms with Crippen molar-refractivity contribution in [3.05, 3.63) is 64.9 Å². The van der Waals surface area contributed by atoms with Gasteiger partial charge in [0.2, 0.25) is 5.91 Å². The highest BCUT2D eigenvalue weighted by molar-refractivity contribution is 6.32. The summed E-state index contributed by atoms with van der Waals surface area (Å²) in [5.41, 5.74) is 0.722. The van der Waals surface area contributed by atoms with Crippen molar-refractivity contribution in [2.45, 2.75) is 39.3 Å². The molecule has 7 heteroatoms. The molecule has 0 fully saturated rings. The molecule has 2 amide bonds. The maximum atomic E-state index is 13.2. The van der Waals surface area contributed by atoms with Gasteiger partial charge in [0.1, 0.15) is 17.6 Å². The topological polar surface area (TPSA) is 58.6 Å². The molecule has 2 rings (SSSR count). The zero-order valence-electron chi connectivity index (χ0n) is 16.7. The van der Waals surface area contributed by atoms with Gasteiger partial charge in [-0.1, -0.05) is 49.7 Å². The van der Waals surface area contributed by atoms with Crippen LogP contribution in [0.25, 0.3) is 0 Å². The van der Waals surface area contributed by atoms with Crippen molar-refractivity contribution in [1.29, 1.82) is 0 Å². The molecule has 2 aromatic carbocycles. The molecular formula is C22H26ClFN2O3. The van der Waals surface area contributed by atoms with Gasteiger partial charge in [0.25, 0.3) is 5.91 Å². The number of benzene rings is 2. The van der Waals surface area contributed by atoms with E-state index in [4.69, 9.17) is 16.3 Å². The van der Waals surface area contributed by atoms with Gasteiger partial charge in [-0.3, -0.25) is 9.59 Å². The summed E-state index contributed by atoms with van der Waals surface area (Å²) in [5.74, 6) is -0.538. The minimum absolute atomic E-state index is 0.170. The van der Waals surface area contributed by atoms with Gasteiger partial charge in [-0.2, -0.15) is 0 Å². The number of para-hydroxylation sites is 1. The van der Waals surface area contributed by atoms with Crippen LogP contribution in [-0.4, -0.2) is 35.9 Å². The summed E-state index contributed by atoms with van der Waals surface area (Å²) in [7, 11) is 0. The summed E-state index contributed by atoms with van der Waals surface area (Å²) in [6.45, 7) is 4.24. The largest absolute Gasteiger partial charge is 0.482 e. The van der Waals surface area contributed by atoms with Gasteiger partial charge in [-0.05, 0) is 42.7 Å². The van der Waals surface area contributed by atoms with E-state index in [1.807, 2.05) is 13.8 Å². The average molecular weight is 421 g/mol. The molecular weight excluding hydrogens is 395 g/mol. The monoisotopic (exact) mass is 420 g/mol. The predicted octanol–water partition coefficient (Wildman–Crippen LogP) is 4.19. The number of hydrogen-bond acceptors (Lipinski definition) is 3. The zero-order valence-corrected chi connectivity index (χ0v) is 17.4. The highest BCUT2D eigenvalue weighted by Crippen LogP contribution is 2.23. The zero-order chi connectivity index (χ0) is 21.2. The SMILES string of the molecule is CCCNC(=O)[C@@H](CC)N(Cc1ccc(F)cc1)C(=O)COc1ccccc1Cl. The van der Waals surface area contributed by atoms with E-state index in [0.29, 0.717) is 23.7 Å². The van der Waals surface area contributed by atoms with Gasteiger partial charge in [-0.25, -0.2) is 4.39 Å². The summed E-state index contributed by atoms with van der Waals surface area (Å²) in [5, 5.41) is 3.24. The number of carbonyl (C=O) groups excluding carboxylic acids is 2. The van der Waals surface area contributed by atoms with E-state index < -0.39 is 6.04 Å². The van der Waals surface area contributed by atoms with Crippen LogP contribution in [0.3, 0.4) is 0 Å². The molecule has 0 bridgehead atoms. The van der Waals surface area contributed by atoms with Crippen LogP contribution in [0.15, 0.2) is 48.5 Å². The summed E-state index contributed by atoms with van der Waals surface area (Å²) < 4.78 is 18.8. The molecule has 156 valence electrons. The first-order chi connectivity index (χ1) is 14.0. The second-order valence-electron chi connectivity index (χ2n) is 6.58. The average Bonchev–Trinajstić information content (AvgIpc) is 2.72.